The third-order valence-electron chi connectivity index (χ3n) is 2.84. The Morgan fingerprint density at radius 2 is 1.65 bits per heavy atom. The molecule has 1 aromatic carbocycles. The van der Waals surface area contributed by atoms with E-state index in [4.69, 9.17) is 0 Å². The van der Waals surface area contributed by atoms with Crippen molar-refractivity contribution in [2.45, 2.75) is 11.9 Å². The molecule has 0 saturated carbocycles. The number of aromatic hydroxyl groups is 2. The molecule has 106 valence electrons. The number of phenols is 2. The maximum atomic E-state index is 11.8. The summed E-state index contributed by atoms with van der Waals surface area (Å²) in [5.41, 5.74) is -0.438. The minimum absolute atomic E-state index is 0.0638. The van der Waals surface area contributed by atoms with Crippen molar-refractivity contribution in [3.63, 3.8) is 0 Å². The van der Waals surface area contributed by atoms with E-state index in [1.807, 2.05) is 0 Å². The van der Waals surface area contributed by atoms with Crippen LogP contribution in [0.25, 0.3) is 5.76 Å². The minimum atomic E-state index is -2.71. The van der Waals surface area contributed by atoms with Gasteiger partial charge in [0, 0.05) is 11.6 Å². The van der Waals surface area contributed by atoms with Crippen molar-refractivity contribution in [2.24, 2.45) is 0 Å². The summed E-state index contributed by atoms with van der Waals surface area (Å²) in [6, 6.07) is 3.21. The van der Waals surface area contributed by atoms with Gasteiger partial charge in [0.05, 0.1) is 5.57 Å². The highest BCUT2D eigenvalue weighted by Gasteiger charge is 2.41. The second-order valence-corrected chi connectivity index (χ2v) is 4.38. The van der Waals surface area contributed by atoms with Crippen LogP contribution in [-0.2, 0) is 4.79 Å². The van der Waals surface area contributed by atoms with Gasteiger partial charge in [0.1, 0.15) is 17.3 Å². The van der Waals surface area contributed by atoms with Crippen LogP contribution in [0.1, 0.15) is 5.56 Å². The number of aliphatic hydroxyl groups excluding tert-OH is 2. The van der Waals surface area contributed by atoms with Crippen LogP contribution in [0.5, 0.6) is 11.5 Å². The van der Waals surface area contributed by atoms with E-state index >= 15 is 0 Å². The number of phenolic OH excluding ortho intramolecular Hbond substituents is 2. The third kappa shape index (κ3) is 2.37. The maximum Gasteiger partial charge on any atom is 0.217 e. The summed E-state index contributed by atoms with van der Waals surface area (Å²) >= 11 is 0. The van der Waals surface area contributed by atoms with Crippen LogP contribution in [-0.4, -0.2) is 48.3 Å². The van der Waals surface area contributed by atoms with Crippen LogP contribution in [0, 0.1) is 0 Å². The molecule has 1 atom stereocenters. The Morgan fingerprint density at radius 3 is 2.20 bits per heavy atom. The summed E-state index contributed by atoms with van der Waals surface area (Å²) in [4.78, 5) is 11.8. The quantitative estimate of drug-likeness (QED) is 0.232. The van der Waals surface area contributed by atoms with Gasteiger partial charge in [-0.15, -0.1) is 0 Å². The van der Waals surface area contributed by atoms with E-state index in [9.17, 15) is 35.4 Å². The average Bonchev–Trinajstić information content (AvgIpc) is 2.34. The lowest BCUT2D eigenvalue weighted by molar-refractivity contribution is -0.191. The maximum absolute atomic E-state index is 11.8. The van der Waals surface area contributed by atoms with E-state index in [1.165, 1.54) is 0 Å². The number of hydrogen-bond donors (Lipinski definition) is 6. The van der Waals surface area contributed by atoms with Crippen LogP contribution in [0.2, 0.25) is 0 Å². The second-order valence-electron chi connectivity index (χ2n) is 4.38. The first-order chi connectivity index (χ1) is 9.22. The number of rotatable bonds is 1. The SMILES string of the molecule is O=C1C(=C(O)c2cc(O)cc(O)c2)C=CC(O)(O)C1O. The lowest BCUT2D eigenvalue weighted by atomic mass is 9.90. The Kier molecular flexibility index (Phi) is 3.26. The predicted molar refractivity (Wildman–Crippen MR) is 66.6 cm³/mol. The zero-order valence-electron chi connectivity index (χ0n) is 10.1. The van der Waals surface area contributed by atoms with Gasteiger partial charge in [0.2, 0.25) is 11.6 Å². The van der Waals surface area contributed by atoms with Gasteiger partial charge in [-0.1, -0.05) is 0 Å². The molecule has 1 aromatic rings. The molecule has 7 nitrogen and oxygen atoms in total. The Labute approximate surface area is 113 Å². The number of ketones is 1. The molecule has 20 heavy (non-hydrogen) atoms. The van der Waals surface area contributed by atoms with Gasteiger partial charge < -0.3 is 30.6 Å². The van der Waals surface area contributed by atoms with Crippen LogP contribution >= 0.6 is 0 Å². The van der Waals surface area contributed by atoms with E-state index < -0.39 is 23.4 Å². The highest BCUT2D eigenvalue weighted by atomic mass is 16.5. The number of Topliss-reactive ketones (excluding diaryl/α,β-unsaturated/α-hetero) is 1. The lowest BCUT2D eigenvalue weighted by Crippen LogP contribution is -2.48. The molecule has 0 radical (unpaired) electrons. The fourth-order valence-electron chi connectivity index (χ4n) is 1.80. The van der Waals surface area contributed by atoms with Crippen molar-refractivity contribution in [1.82, 2.24) is 0 Å². The number of carbonyl (C=O) groups is 1. The first-order valence-electron chi connectivity index (χ1n) is 5.55. The highest BCUT2D eigenvalue weighted by molar-refractivity contribution is 6.08. The monoisotopic (exact) mass is 280 g/mol. The highest BCUT2D eigenvalue weighted by Crippen LogP contribution is 2.30. The van der Waals surface area contributed by atoms with Gasteiger partial charge in [0.25, 0.3) is 0 Å². The summed E-state index contributed by atoms with van der Waals surface area (Å²) in [7, 11) is 0. The van der Waals surface area contributed by atoms with Gasteiger partial charge in [0.15, 0.2) is 6.10 Å². The van der Waals surface area contributed by atoms with Gasteiger partial charge in [-0.2, -0.15) is 0 Å². The van der Waals surface area contributed by atoms with Crippen LogP contribution < -0.4 is 0 Å². The van der Waals surface area contributed by atoms with E-state index in [-0.39, 0.29) is 22.6 Å². The molecular weight excluding hydrogens is 268 g/mol. The molecule has 0 saturated heterocycles. The van der Waals surface area contributed by atoms with Gasteiger partial charge >= 0.3 is 0 Å². The van der Waals surface area contributed by atoms with Crippen molar-refractivity contribution < 1.29 is 35.4 Å². The van der Waals surface area contributed by atoms with E-state index in [1.54, 1.807) is 0 Å². The Hall–Kier alpha value is -2.35. The summed E-state index contributed by atoms with van der Waals surface area (Å²) in [5, 5.41) is 56.6. The van der Waals surface area contributed by atoms with E-state index in [0.717, 1.165) is 30.4 Å². The number of allylic oxidation sites excluding steroid dienone is 1. The molecule has 1 unspecified atom stereocenters. The molecule has 0 heterocycles. The zero-order valence-corrected chi connectivity index (χ0v) is 10.1. The molecule has 0 fully saturated rings. The summed E-state index contributed by atoms with van der Waals surface area (Å²) in [5.74, 6) is -5.09. The topological polar surface area (TPSA) is 138 Å². The summed E-state index contributed by atoms with van der Waals surface area (Å²) in [6.07, 6.45) is -0.464. The molecule has 0 aliphatic heterocycles. The molecule has 0 bridgehead atoms. The predicted octanol–water partition coefficient (Wildman–Crippen LogP) is -0.452. The molecule has 0 amide bonds. The average molecular weight is 280 g/mol. The Balaban J connectivity index is 2.55. The van der Waals surface area contributed by atoms with Gasteiger partial charge in [-0.05, 0) is 24.3 Å². The zero-order chi connectivity index (χ0) is 15.1. The number of benzene rings is 1. The van der Waals surface area contributed by atoms with Crippen LogP contribution in [0.4, 0.5) is 0 Å². The summed E-state index contributed by atoms with van der Waals surface area (Å²) < 4.78 is 0. The second kappa shape index (κ2) is 4.64. The van der Waals surface area contributed by atoms with Gasteiger partial charge in [-0.25, -0.2) is 0 Å². The fraction of sp³-hybridized carbons (Fsp3) is 0.154. The lowest BCUT2D eigenvalue weighted by Gasteiger charge is -2.27. The molecule has 7 heteroatoms. The molecule has 1 aliphatic carbocycles. The van der Waals surface area contributed by atoms with Crippen molar-refractivity contribution >= 4 is 11.5 Å². The normalized spacial score (nSPS) is 23.8. The van der Waals surface area contributed by atoms with E-state index in [2.05, 4.69) is 0 Å². The van der Waals surface area contributed by atoms with E-state index in [0.29, 0.717) is 0 Å². The first-order valence-corrected chi connectivity index (χ1v) is 5.55. The van der Waals surface area contributed by atoms with Crippen LogP contribution in [0.3, 0.4) is 0 Å². The Morgan fingerprint density at radius 1 is 1.10 bits per heavy atom. The first kappa shape index (κ1) is 14.1. The van der Waals surface area contributed by atoms with Crippen molar-refractivity contribution in [2.75, 3.05) is 0 Å². The van der Waals surface area contributed by atoms with Crippen molar-refractivity contribution in [1.29, 1.82) is 0 Å². The van der Waals surface area contributed by atoms with Gasteiger partial charge in [-0.3, -0.25) is 4.79 Å². The number of hydrogen-bond acceptors (Lipinski definition) is 7. The van der Waals surface area contributed by atoms with Crippen LogP contribution in [0.15, 0.2) is 35.9 Å². The Bertz CT molecular complexity index is 607. The number of aliphatic hydroxyl groups is 4. The molecule has 0 aromatic heterocycles. The molecule has 0 spiro atoms. The number of carbonyl (C=O) groups excluding carboxylic acids is 1. The molecule has 2 rings (SSSR count). The largest absolute Gasteiger partial charge is 0.508 e. The standard InChI is InChI=1S/C13H12O7/c14-7-3-6(4-8(15)5-7)10(16)9-1-2-13(19,20)12(18)11(9)17/h1-5,12,14-16,18-20H. The summed E-state index contributed by atoms with van der Waals surface area (Å²) in [6.45, 7) is 0. The van der Waals surface area contributed by atoms with Crippen molar-refractivity contribution in [3.8, 4) is 11.5 Å². The third-order valence-corrected chi connectivity index (χ3v) is 2.84. The minimum Gasteiger partial charge on any atom is -0.508 e. The fourth-order valence-corrected chi connectivity index (χ4v) is 1.80. The smallest absolute Gasteiger partial charge is 0.217 e. The molecule has 6 N–H and O–H groups in total. The van der Waals surface area contributed by atoms with Crippen molar-refractivity contribution in [3.05, 3.63) is 41.5 Å². The molecule has 1 aliphatic rings. The molecular formula is C13H12O7.